The van der Waals surface area contributed by atoms with Crippen LogP contribution >= 0.6 is 0 Å². The standard InChI is InChI=1S/C25H28N6O2/c1-16-12-17(2)22-19(13-16)14-21(25(32)26-22)23(30-10-4-5-11-30)24-27-28-29-31(24)15-18-6-8-20(33-3)9-7-18/h6-9,12-14,23H,4-5,10-11,15H2,1-3H3,(H,26,32)/t23-/m1/s1. The molecule has 1 atom stereocenters. The highest BCUT2D eigenvalue weighted by Gasteiger charge is 2.32. The molecule has 1 aliphatic rings. The van der Waals surface area contributed by atoms with Crippen LogP contribution in [-0.2, 0) is 6.54 Å². The van der Waals surface area contributed by atoms with Gasteiger partial charge in [0.15, 0.2) is 5.82 Å². The van der Waals surface area contributed by atoms with Gasteiger partial charge in [-0.15, -0.1) is 5.10 Å². The average Bonchev–Trinajstić information content (AvgIpc) is 3.49. The van der Waals surface area contributed by atoms with Crippen LogP contribution in [0.3, 0.4) is 0 Å². The van der Waals surface area contributed by atoms with Crippen molar-refractivity contribution in [3.8, 4) is 5.75 Å². The van der Waals surface area contributed by atoms with E-state index < -0.39 is 0 Å². The zero-order valence-corrected chi connectivity index (χ0v) is 19.2. The van der Waals surface area contributed by atoms with Gasteiger partial charge < -0.3 is 9.72 Å². The van der Waals surface area contributed by atoms with Crippen LogP contribution in [0.25, 0.3) is 10.9 Å². The van der Waals surface area contributed by atoms with E-state index in [2.05, 4.69) is 44.5 Å². The first kappa shape index (κ1) is 21.3. The minimum Gasteiger partial charge on any atom is -0.497 e. The van der Waals surface area contributed by atoms with Gasteiger partial charge in [0.25, 0.3) is 5.56 Å². The quantitative estimate of drug-likeness (QED) is 0.491. The first-order valence-corrected chi connectivity index (χ1v) is 11.3. The van der Waals surface area contributed by atoms with Crippen molar-refractivity contribution >= 4 is 10.9 Å². The van der Waals surface area contributed by atoms with Crippen LogP contribution in [0.4, 0.5) is 0 Å². The molecule has 0 aliphatic carbocycles. The highest BCUT2D eigenvalue weighted by molar-refractivity contribution is 5.83. The number of rotatable bonds is 6. The van der Waals surface area contributed by atoms with Gasteiger partial charge in [-0.1, -0.05) is 23.8 Å². The Balaban J connectivity index is 1.60. The number of tetrazole rings is 1. The maximum atomic E-state index is 13.3. The highest BCUT2D eigenvalue weighted by Crippen LogP contribution is 2.30. The molecule has 5 rings (SSSR count). The van der Waals surface area contributed by atoms with Crippen LogP contribution in [0.2, 0.25) is 0 Å². The van der Waals surface area contributed by atoms with E-state index in [0.717, 1.165) is 53.7 Å². The van der Waals surface area contributed by atoms with E-state index in [1.165, 1.54) is 5.56 Å². The van der Waals surface area contributed by atoms with Crippen molar-refractivity contribution in [1.82, 2.24) is 30.1 Å². The number of nitrogens with zero attached hydrogens (tertiary/aromatic N) is 5. The molecule has 3 heterocycles. The zero-order valence-electron chi connectivity index (χ0n) is 19.2. The van der Waals surface area contributed by atoms with Crippen molar-refractivity contribution in [3.05, 3.63) is 80.9 Å². The minimum atomic E-state index is -0.310. The molecule has 1 aliphatic heterocycles. The van der Waals surface area contributed by atoms with E-state index in [4.69, 9.17) is 4.74 Å². The largest absolute Gasteiger partial charge is 0.497 e. The molecule has 0 radical (unpaired) electrons. The number of likely N-dealkylation sites (tertiary alicyclic amines) is 1. The molecule has 0 bridgehead atoms. The molecule has 8 heteroatoms. The van der Waals surface area contributed by atoms with E-state index in [-0.39, 0.29) is 11.6 Å². The van der Waals surface area contributed by atoms with Crippen LogP contribution in [0.1, 0.15) is 47.0 Å². The number of benzene rings is 2. The van der Waals surface area contributed by atoms with E-state index >= 15 is 0 Å². The molecular formula is C25H28N6O2. The Morgan fingerprint density at radius 3 is 2.58 bits per heavy atom. The zero-order chi connectivity index (χ0) is 22.9. The maximum absolute atomic E-state index is 13.3. The van der Waals surface area contributed by atoms with Crippen LogP contribution in [0, 0.1) is 13.8 Å². The van der Waals surface area contributed by atoms with Gasteiger partial charge in [0.2, 0.25) is 0 Å². The van der Waals surface area contributed by atoms with Crippen molar-refractivity contribution in [2.24, 2.45) is 0 Å². The van der Waals surface area contributed by atoms with Gasteiger partial charge in [-0.3, -0.25) is 9.69 Å². The summed E-state index contributed by atoms with van der Waals surface area (Å²) in [5.74, 6) is 1.49. The minimum absolute atomic E-state index is 0.0923. The molecule has 2 aromatic carbocycles. The number of nitrogens with one attached hydrogen (secondary N) is 1. The van der Waals surface area contributed by atoms with Gasteiger partial charge in [-0.25, -0.2) is 4.68 Å². The van der Waals surface area contributed by atoms with Gasteiger partial charge in [-0.2, -0.15) is 0 Å². The molecule has 1 saturated heterocycles. The van der Waals surface area contributed by atoms with Gasteiger partial charge in [-0.05, 0) is 91.0 Å². The molecule has 4 aromatic rings. The Labute approximate surface area is 192 Å². The summed E-state index contributed by atoms with van der Waals surface area (Å²) in [6.45, 7) is 6.43. The number of H-pyrrole nitrogens is 1. The number of pyridine rings is 1. The molecule has 1 fully saturated rings. The van der Waals surface area contributed by atoms with Gasteiger partial charge >= 0.3 is 0 Å². The molecule has 0 spiro atoms. The summed E-state index contributed by atoms with van der Waals surface area (Å²) >= 11 is 0. The Hall–Kier alpha value is -3.52. The fourth-order valence-corrected chi connectivity index (χ4v) is 4.83. The Morgan fingerprint density at radius 1 is 1.09 bits per heavy atom. The number of hydrogen-bond donors (Lipinski definition) is 1. The first-order valence-electron chi connectivity index (χ1n) is 11.3. The van der Waals surface area contributed by atoms with E-state index in [9.17, 15) is 4.79 Å². The summed E-state index contributed by atoms with van der Waals surface area (Å²) in [5.41, 5.74) is 4.76. The van der Waals surface area contributed by atoms with Crippen LogP contribution in [0.5, 0.6) is 5.75 Å². The normalized spacial score (nSPS) is 15.2. The molecule has 170 valence electrons. The number of ether oxygens (including phenoxy) is 1. The number of fused-ring (bicyclic) bond motifs is 1. The summed E-state index contributed by atoms with van der Waals surface area (Å²) < 4.78 is 7.07. The van der Waals surface area contributed by atoms with Gasteiger partial charge in [0.1, 0.15) is 11.8 Å². The Bertz CT molecular complexity index is 1340. The average molecular weight is 445 g/mol. The van der Waals surface area contributed by atoms with E-state index in [1.54, 1.807) is 11.8 Å². The van der Waals surface area contributed by atoms with Crippen molar-refractivity contribution in [2.45, 2.75) is 39.3 Å². The topological polar surface area (TPSA) is 88.9 Å². The number of hydrogen-bond acceptors (Lipinski definition) is 6. The lowest BCUT2D eigenvalue weighted by molar-refractivity contribution is 0.263. The molecule has 0 amide bonds. The summed E-state index contributed by atoms with van der Waals surface area (Å²) in [6.07, 6.45) is 2.19. The molecular weight excluding hydrogens is 416 g/mol. The summed E-state index contributed by atoms with van der Waals surface area (Å²) in [4.78, 5) is 18.8. The SMILES string of the molecule is COc1ccc(Cn2nnnc2[C@@H](c2cc3cc(C)cc(C)c3[nH]c2=O)N2CCCC2)cc1. The fourth-order valence-electron chi connectivity index (χ4n) is 4.83. The third-order valence-electron chi connectivity index (χ3n) is 6.42. The number of aromatic amines is 1. The van der Waals surface area contributed by atoms with Crippen molar-refractivity contribution in [3.63, 3.8) is 0 Å². The maximum Gasteiger partial charge on any atom is 0.253 e. The monoisotopic (exact) mass is 444 g/mol. The number of aryl methyl sites for hydroxylation is 2. The lowest BCUT2D eigenvalue weighted by Gasteiger charge is -2.26. The highest BCUT2D eigenvalue weighted by atomic mass is 16.5. The molecule has 2 aromatic heterocycles. The number of aromatic nitrogens is 5. The van der Waals surface area contributed by atoms with Gasteiger partial charge in [0, 0.05) is 5.56 Å². The predicted octanol–water partition coefficient (Wildman–Crippen LogP) is 3.37. The first-order chi connectivity index (χ1) is 16.0. The smallest absolute Gasteiger partial charge is 0.253 e. The van der Waals surface area contributed by atoms with E-state index in [0.29, 0.717) is 17.9 Å². The lowest BCUT2D eigenvalue weighted by atomic mass is 10.0. The second kappa shape index (κ2) is 8.78. The third-order valence-corrected chi connectivity index (χ3v) is 6.42. The molecule has 33 heavy (non-hydrogen) atoms. The molecule has 0 unspecified atom stereocenters. The second-order valence-electron chi connectivity index (χ2n) is 8.79. The van der Waals surface area contributed by atoms with Crippen LogP contribution < -0.4 is 10.3 Å². The molecule has 8 nitrogen and oxygen atoms in total. The van der Waals surface area contributed by atoms with Crippen molar-refractivity contribution < 1.29 is 4.74 Å². The molecule has 0 saturated carbocycles. The Kier molecular flexibility index (Phi) is 5.68. The summed E-state index contributed by atoms with van der Waals surface area (Å²) in [6, 6.07) is 13.8. The van der Waals surface area contributed by atoms with Crippen molar-refractivity contribution in [1.29, 1.82) is 0 Å². The molecule has 1 N–H and O–H groups in total. The third kappa shape index (κ3) is 4.14. The van der Waals surface area contributed by atoms with Crippen molar-refractivity contribution in [2.75, 3.05) is 20.2 Å². The lowest BCUT2D eigenvalue weighted by Crippen LogP contribution is -2.33. The fraction of sp³-hybridized carbons (Fsp3) is 0.360. The Morgan fingerprint density at radius 2 is 1.85 bits per heavy atom. The predicted molar refractivity (Wildman–Crippen MR) is 127 cm³/mol. The van der Waals surface area contributed by atoms with Crippen LogP contribution in [-0.4, -0.2) is 50.3 Å². The van der Waals surface area contributed by atoms with Crippen LogP contribution in [0.15, 0.2) is 47.3 Å². The van der Waals surface area contributed by atoms with E-state index in [1.807, 2.05) is 37.3 Å². The number of methoxy groups -OCH3 is 1. The summed E-state index contributed by atoms with van der Waals surface area (Å²) in [5, 5.41) is 13.7. The second-order valence-corrected chi connectivity index (χ2v) is 8.79. The van der Waals surface area contributed by atoms with Gasteiger partial charge in [0.05, 0.1) is 19.2 Å². The summed E-state index contributed by atoms with van der Waals surface area (Å²) in [7, 11) is 1.65.